The first-order chi connectivity index (χ1) is 9.53. The third-order valence-electron chi connectivity index (χ3n) is 3.06. The van der Waals surface area contributed by atoms with Gasteiger partial charge in [-0.05, 0) is 12.1 Å². The minimum Gasteiger partial charge on any atom is -0.224 e. The van der Waals surface area contributed by atoms with Crippen molar-refractivity contribution in [1.29, 1.82) is 0 Å². The second-order valence-electron chi connectivity index (χ2n) is 4.29. The lowest BCUT2D eigenvalue weighted by Crippen LogP contribution is -2.18. The molecule has 0 atom stereocenters. The maximum Gasteiger partial charge on any atom is 0.180 e. The van der Waals surface area contributed by atoms with Gasteiger partial charge in [-0.25, -0.2) is 25.3 Å². The third-order valence-corrected chi connectivity index (χ3v) is 8.69. The van der Waals surface area contributed by atoms with Crippen LogP contribution in [0.4, 0.5) is 0 Å². The molecule has 1 aromatic carbocycles. The van der Waals surface area contributed by atoms with Gasteiger partial charge in [0.2, 0.25) is 0 Å². The number of benzene rings is 1. The Morgan fingerprint density at radius 2 is 1.00 bits per heavy atom. The summed E-state index contributed by atoms with van der Waals surface area (Å²) in [6.07, 6.45) is 0. The zero-order valence-corrected chi connectivity index (χ0v) is 14.5. The lowest BCUT2D eigenvalue weighted by Gasteiger charge is -2.14. The highest BCUT2D eigenvalue weighted by molar-refractivity contribution is 7.96. The van der Waals surface area contributed by atoms with Crippen LogP contribution in [0.3, 0.4) is 0 Å². The second kappa shape index (κ2) is 6.05. The Bertz CT molecular complexity index is 781. The Morgan fingerprint density at radius 1 is 0.667 bits per heavy atom. The number of hydrogen-bond acceptors (Lipinski definition) is 6. The maximum absolute atomic E-state index is 12.2. The largest absolute Gasteiger partial charge is 0.224 e. The molecule has 0 bridgehead atoms. The van der Waals surface area contributed by atoms with E-state index >= 15 is 0 Å². The van der Waals surface area contributed by atoms with Crippen LogP contribution in [0.1, 0.15) is 20.8 Å². The summed E-state index contributed by atoms with van der Waals surface area (Å²) in [5.41, 5.74) is 0. The molecule has 0 amide bonds. The van der Waals surface area contributed by atoms with Crippen LogP contribution in [-0.2, 0) is 29.5 Å². The van der Waals surface area contributed by atoms with Gasteiger partial charge in [-0.1, -0.05) is 26.8 Å². The molecule has 0 aliphatic heterocycles. The van der Waals surface area contributed by atoms with Gasteiger partial charge in [-0.2, -0.15) is 0 Å². The number of sulfone groups is 3. The predicted octanol–water partition coefficient (Wildman–Crippen LogP) is 1.07. The number of rotatable bonds is 6. The molecular formula is C12H18O6S3. The highest BCUT2D eigenvalue weighted by atomic mass is 32.2. The smallest absolute Gasteiger partial charge is 0.180 e. The van der Waals surface area contributed by atoms with E-state index in [4.69, 9.17) is 0 Å². The van der Waals surface area contributed by atoms with E-state index in [1.165, 1.54) is 26.8 Å². The highest BCUT2D eigenvalue weighted by Gasteiger charge is 2.31. The summed E-state index contributed by atoms with van der Waals surface area (Å²) in [5, 5.41) is 0. The zero-order chi connectivity index (χ0) is 16.5. The molecular weight excluding hydrogens is 336 g/mol. The maximum atomic E-state index is 12.2. The van der Waals surface area contributed by atoms with Gasteiger partial charge >= 0.3 is 0 Å². The minimum absolute atomic E-state index is 0.311. The average Bonchev–Trinajstić information content (AvgIpc) is 2.46. The molecule has 0 spiro atoms. The van der Waals surface area contributed by atoms with Crippen molar-refractivity contribution in [3.8, 4) is 0 Å². The lowest BCUT2D eigenvalue weighted by atomic mass is 10.4. The summed E-state index contributed by atoms with van der Waals surface area (Å²) >= 11 is 0. The van der Waals surface area contributed by atoms with Gasteiger partial charge in [0.05, 0.1) is 27.0 Å². The summed E-state index contributed by atoms with van der Waals surface area (Å²) in [6, 6.07) is 3.52. The minimum atomic E-state index is -4.00. The molecule has 1 aromatic rings. The first-order valence-electron chi connectivity index (χ1n) is 6.34. The Balaban J connectivity index is 4.02. The molecule has 0 fully saturated rings. The Labute approximate surface area is 125 Å². The van der Waals surface area contributed by atoms with Gasteiger partial charge in [0, 0.05) is 0 Å². The number of hydrogen-bond donors (Lipinski definition) is 0. The van der Waals surface area contributed by atoms with Crippen molar-refractivity contribution in [2.75, 3.05) is 17.3 Å². The van der Waals surface area contributed by atoms with Crippen molar-refractivity contribution in [3.05, 3.63) is 18.2 Å². The molecule has 0 unspecified atom stereocenters. The monoisotopic (exact) mass is 354 g/mol. The van der Waals surface area contributed by atoms with Gasteiger partial charge < -0.3 is 0 Å². The normalized spacial score (nSPS) is 13.3. The molecule has 0 aliphatic rings. The summed E-state index contributed by atoms with van der Waals surface area (Å²) in [4.78, 5) is -1.49. The first kappa shape index (κ1) is 18.1. The van der Waals surface area contributed by atoms with E-state index in [0.717, 1.165) is 12.1 Å². The molecule has 120 valence electrons. The SMILES string of the molecule is CCS(=O)(=O)c1cccc(S(=O)(=O)CC)c1S(=O)(=O)CC. The first-order valence-corrected chi connectivity index (χ1v) is 11.3. The third kappa shape index (κ3) is 3.46. The molecule has 21 heavy (non-hydrogen) atoms. The average molecular weight is 354 g/mol. The summed E-state index contributed by atoms with van der Waals surface area (Å²) < 4.78 is 72.8. The highest BCUT2D eigenvalue weighted by Crippen LogP contribution is 2.30. The van der Waals surface area contributed by atoms with Crippen molar-refractivity contribution in [2.24, 2.45) is 0 Å². The van der Waals surface area contributed by atoms with Crippen LogP contribution in [0.25, 0.3) is 0 Å². The lowest BCUT2D eigenvalue weighted by molar-refractivity contribution is 0.574. The van der Waals surface area contributed by atoms with E-state index in [1.807, 2.05) is 0 Å². The Hall–Kier alpha value is -0.930. The fourth-order valence-corrected chi connectivity index (χ4v) is 6.35. The molecule has 6 nitrogen and oxygen atoms in total. The van der Waals surface area contributed by atoms with Crippen molar-refractivity contribution >= 4 is 29.5 Å². The van der Waals surface area contributed by atoms with Gasteiger partial charge in [-0.15, -0.1) is 0 Å². The topological polar surface area (TPSA) is 102 Å². The van der Waals surface area contributed by atoms with Gasteiger partial charge in [0.1, 0.15) is 4.90 Å². The van der Waals surface area contributed by atoms with E-state index < -0.39 is 44.2 Å². The van der Waals surface area contributed by atoms with Crippen molar-refractivity contribution in [1.82, 2.24) is 0 Å². The molecule has 0 saturated heterocycles. The molecule has 0 N–H and O–H groups in total. The van der Waals surface area contributed by atoms with E-state index in [1.54, 1.807) is 0 Å². The van der Waals surface area contributed by atoms with Gasteiger partial charge in [0.15, 0.2) is 29.5 Å². The molecule has 9 heteroatoms. The van der Waals surface area contributed by atoms with Gasteiger partial charge in [0.25, 0.3) is 0 Å². The van der Waals surface area contributed by atoms with Gasteiger partial charge in [-0.3, -0.25) is 0 Å². The van der Waals surface area contributed by atoms with Crippen molar-refractivity contribution in [3.63, 3.8) is 0 Å². The molecule has 1 rings (SSSR count). The molecule has 0 heterocycles. The molecule has 0 saturated carbocycles. The second-order valence-corrected chi connectivity index (χ2v) is 11.0. The standard InChI is InChI=1S/C12H18O6S3/c1-4-19(13,14)10-8-7-9-11(20(15,16)5-2)12(10)21(17,18)6-3/h7-9H,4-6H2,1-3H3. The van der Waals surface area contributed by atoms with E-state index in [2.05, 4.69) is 0 Å². The van der Waals surface area contributed by atoms with Crippen LogP contribution in [0, 0.1) is 0 Å². The van der Waals surface area contributed by atoms with Crippen LogP contribution in [0.15, 0.2) is 32.9 Å². The fourth-order valence-electron chi connectivity index (χ4n) is 1.75. The molecule has 0 aromatic heterocycles. The van der Waals surface area contributed by atoms with E-state index in [0.29, 0.717) is 0 Å². The van der Waals surface area contributed by atoms with E-state index in [-0.39, 0.29) is 17.3 Å². The Kier molecular flexibility index (Phi) is 5.22. The van der Waals surface area contributed by atoms with Crippen molar-refractivity contribution in [2.45, 2.75) is 35.5 Å². The quantitative estimate of drug-likeness (QED) is 0.757. The summed E-state index contributed by atoms with van der Waals surface area (Å²) in [7, 11) is -11.7. The van der Waals surface area contributed by atoms with Crippen LogP contribution in [0.5, 0.6) is 0 Å². The van der Waals surface area contributed by atoms with Crippen molar-refractivity contribution < 1.29 is 25.3 Å². The fraction of sp³-hybridized carbons (Fsp3) is 0.500. The van der Waals surface area contributed by atoms with E-state index in [9.17, 15) is 25.3 Å². The predicted molar refractivity (Wildman–Crippen MR) is 79.6 cm³/mol. The molecule has 0 radical (unpaired) electrons. The zero-order valence-electron chi connectivity index (χ0n) is 12.0. The summed E-state index contributed by atoms with van der Waals surface area (Å²) in [5.74, 6) is -1.00. The summed E-state index contributed by atoms with van der Waals surface area (Å²) in [6.45, 7) is 4.09. The van der Waals surface area contributed by atoms with Crippen LogP contribution < -0.4 is 0 Å². The van der Waals surface area contributed by atoms with Crippen LogP contribution >= 0.6 is 0 Å². The van der Waals surface area contributed by atoms with Crippen LogP contribution in [0.2, 0.25) is 0 Å². The molecule has 0 aliphatic carbocycles. The Morgan fingerprint density at radius 3 is 1.29 bits per heavy atom. The van der Waals surface area contributed by atoms with Crippen LogP contribution in [-0.4, -0.2) is 42.5 Å².